The van der Waals surface area contributed by atoms with Crippen LogP contribution in [0.15, 0.2) is 4.52 Å². The molecule has 3 atom stereocenters. The summed E-state index contributed by atoms with van der Waals surface area (Å²) in [5.74, 6) is -0.385. The van der Waals surface area contributed by atoms with Crippen LogP contribution in [0.25, 0.3) is 0 Å². The second kappa shape index (κ2) is 11.6. The molecule has 7 N–H and O–H groups in total. The first-order valence-electron chi connectivity index (χ1n) is 9.74. The summed E-state index contributed by atoms with van der Waals surface area (Å²) in [6, 6.07) is -2.50. The third kappa shape index (κ3) is 7.81. The number of unbranched alkanes of at least 4 members (excludes halogenated alkanes) is 1. The third-order valence-electron chi connectivity index (χ3n) is 4.29. The minimum Gasteiger partial charge on any atom is -0.480 e. The number of aromatic nitrogens is 2. The van der Waals surface area contributed by atoms with Gasteiger partial charge in [-0.25, -0.2) is 9.59 Å². The van der Waals surface area contributed by atoms with Gasteiger partial charge in [-0.1, -0.05) is 39.3 Å². The van der Waals surface area contributed by atoms with Crippen LogP contribution in [0.3, 0.4) is 0 Å². The van der Waals surface area contributed by atoms with Gasteiger partial charge in [-0.2, -0.15) is 4.98 Å². The van der Waals surface area contributed by atoms with Gasteiger partial charge >= 0.3 is 12.0 Å². The molecule has 0 bridgehead atoms. The monoisotopic (exact) mass is 398 g/mol. The van der Waals surface area contributed by atoms with Crippen molar-refractivity contribution >= 4 is 12.0 Å². The summed E-state index contributed by atoms with van der Waals surface area (Å²) in [7, 11) is 0. The number of urea groups is 1. The largest absolute Gasteiger partial charge is 0.480 e. The van der Waals surface area contributed by atoms with Crippen LogP contribution in [-0.2, 0) is 4.79 Å². The molecule has 0 aliphatic heterocycles. The van der Waals surface area contributed by atoms with Crippen LogP contribution in [0.5, 0.6) is 0 Å². The van der Waals surface area contributed by atoms with Gasteiger partial charge in [0.1, 0.15) is 12.1 Å². The Morgan fingerprint density at radius 3 is 2.39 bits per heavy atom. The summed E-state index contributed by atoms with van der Waals surface area (Å²) in [6.45, 7) is 8.16. The average Bonchev–Trinajstić information content (AvgIpc) is 3.08. The van der Waals surface area contributed by atoms with E-state index in [1.165, 1.54) is 0 Å². The fraction of sp³-hybridized carbons (Fsp3) is 0.778. The molecule has 10 nitrogen and oxygen atoms in total. The van der Waals surface area contributed by atoms with Crippen molar-refractivity contribution in [2.75, 3.05) is 6.54 Å². The van der Waals surface area contributed by atoms with Gasteiger partial charge in [-0.15, -0.1) is 0 Å². The highest BCUT2D eigenvalue weighted by atomic mass is 16.5. The van der Waals surface area contributed by atoms with Crippen LogP contribution in [-0.4, -0.2) is 39.8 Å². The minimum atomic E-state index is -1.08. The Kier molecular flexibility index (Phi) is 9.88. The maximum atomic E-state index is 12.3. The van der Waals surface area contributed by atoms with Gasteiger partial charge in [0.25, 0.3) is 0 Å². The van der Waals surface area contributed by atoms with Crippen molar-refractivity contribution in [2.24, 2.45) is 23.3 Å². The summed E-state index contributed by atoms with van der Waals surface area (Å²) < 4.78 is 5.31. The predicted octanol–water partition coefficient (Wildman–Crippen LogP) is 1.69. The van der Waals surface area contributed by atoms with Gasteiger partial charge in [-0.05, 0) is 37.6 Å². The number of carbonyl (C=O) groups excluding carboxylic acids is 1. The van der Waals surface area contributed by atoms with E-state index in [9.17, 15) is 14.7 Å². The van der Waals surface area contributed by atoms with Crippen LogP contribution < -0.4 is 22.1 Å². The van der Waals surface area contributed by atoms with Crippen LogP contribution in [0.1, 0.15) is 77.2 Å². The van der Waals surface area contributed by atoms with Crippen molar-refractivity contribution in [3.8, 4) is 0 Å². The molecule has 28 heavy (non-hydrogen) atoms. The van der Waals surface area contributed by atoms with Gasteiger partial charge in [0.05, 0.1) is 6.04 Å². The summed E-state index contributed by atoms with van der Waals surface area (Å²) in [4.78, 5) is 28.0. The Morgan fingerprint density at radius 1 is 1.18 bits per heavy atom. The van der Waals surface area contributed by atoms with E-state index in [1.807, 2.05) is 27.7 Å². The Bertz CT molecular complexity index is 619. The summed E-state index contributed by atoms with van der Waals surface area (Å²) in [5, 5.41) is 18.4. The topological polar surface area (TPSA) is 169 Å². The van der Waals surface area contributed by atoms with Gasteiger partial charge in [0, 0.05) is 0 Å². The maximum absolute atomic E-state index is 12.3. The Morgan fingerprint density at radius 2 is 1.86 bits per heavy atom. The van der Waals surface area contributed by atoms with E-state index < -0.39 is 24.1 Å². The standard InChI is InChI=1S/C18H34N6O4/c1-10(2)9-13(17(25)26)21-18(27)22-14(11(3)4)16-23-15(24-28-16)12(20)7-5-6-8-19/h10-14H,5-9,19-20H2,1-4H3,(H,25,26)(H2,21,22,27)/t12-,13-,14?/m0/s1. The Hall–Kier alpha value is -2.20. The van der Waals surface area contributed by atoms with Crippen molar-refractivity contribution in [2.45, 2.75) is 71.5 Å². The molecule has 0 saturated heterocycles. The smallest absolute Gasteiger partial charge is 0.326 e. The van der Waals surface area contributed by atoms with E-state index in [2.05, 4.69) is 20.8 Å². The van der Waals surface area contributed by atoms with Crippen LogP contribution in [0.2, 0.25) is 0 Å². The lowest BCUT2D eigenvalue weighted by atomic mass is 10.0. The molecule has 1 heterocycles. The number of carboxylic acids is 1. The van der Waals surface area contributed by atoms with Gasteiger partial charge < -0.3 is 31.7 Å². The van der Waals surface area contributed by atoms with Gasteiger partial charge in [0.15, 0.2) is 5.82 Å². The fourth-order valence-electron chi connectivity index (χ4n) is 2.71. The van der Waals surface area contributed by atoms with Gasteiger partial charge in [-0.3, -0.25) is 0 Å². The normalized spacial score (nSPS) is 14.7. The molecule has 0 saturated carbocycles. The molecule has 1 rings (SSSR count). The van der Waals surface area contributed by atoms with E-state index in [0.29, 0.717) is 25.2 Å². The van der Waals surface area contributed by atoms with Crippen molar-refractivity contribution in [3.63, 3.8) is 0 Å². The maximum Gasteiger partial charge on any atom is 0.326 e. The summed E-state index contributed by atoms with van der Waals surface area (Å²) in [5.41, 5.74) is 11.6. The van der Waals surface area contributed by atoms with Crippen molar-refractivity contribution in [3.05, 3.63) is 11.7 Å². The van der Waals surface area contributed by atoms with Crippen molar-refractivity contribution < 1.29 is 19.2 Å². The van der Waals surface area contributed by atoms with E-state index in [4.69, 9.17) is 16.0 Å². The van der Waals surface area contributed by atoms with E-state index in [1.54, 1.807) is 0 Å². The predicted molar refractivity (Wildman–Crippen MR) is 104 cm³/mol. The number of aliphatic carboxylic acids is 1. The summed E-state index contributed by atoms with van der Waals surface area (Å²) in [6.07, 6.45) is 2.75. The zero-order valence-electron chi connectivity index (χ0n) is 17.1. The van der Waals surface area contributed by atoms with Crippen molar-refractivity contribution in [1.29, 1.82) is 0 Å². The number of hydrogen-bond acceptors (Lipinski definition) is 7. The number of rotatable bonds is 12. The lowest BCUT2D eigenvalue weighted by Crippen LogP contribution is -2.48. The lowest BCUT2D eigenvalue weighted by Gasteiger charge is -2.21. The van der Waals surface area contributed by atoms with Gasteiger partial charge in [0.2, 0.25) is 5.89 Å². The number of nitrogens with two attached hydrogens (primary N) is 2. The van der Waals surface area contributed by atoms with Crippen LogP contribution >= 0.6 is 0 Å². The lowest BCUT2D eigenvalue weighted by molar-refractivity contribution is -0.139. The third-order valence-corrected chi connectivity index (χ3v) is 4.29. The highest BCUT2D eigenvalue weighted by Crippen LogP contribution is 2.22. The molecule has 0 radical (unpaired) electrons. The zero-order valence-corrected chi connectivity index (χ0v) is 17.1. The highest BCUT2D eigenvalue weighted by molar-refractivity contribution is 5.82. The van der Waals surface area contributed by atoms with E-state index in [-0.39, 0.29) is 23.8 Å². The number of hydrogen-bond donors (Lipinski definition) is 5. The second-order valence-corrected chi connectivity index (χ2v) is 7.74. The quantitative estimate of drug-likeness (QED) is 0.331. The molecule has 160 valence electrons. The first-order valence-corrected chi connectivity index (χ1v) is 9.74. The Balaban J connectivity index is 2.77. The molecule has 10 heteroatoms. The highest BCUT2D eigenvalue weighted by Gasteiger charge is 2.28. The molecular weight excluding hydrogens is 364 g/mol. The first-order chi connectivity index (χ1) is 13.1. The van der Waals surface area contributed by atoms with E-state index in [0.717, 1.165) is 12.8 Å². The zero-order chi connectivity index (χ0) is 21.3. The van der Waals surface area contributed by atoms with Crippen molar-refractivity contribution in [1.82, 2.24) is 20.8 Å². The Labute approximate surface area is 165 Å². The number of nitrogens with one attached hydrogen (secondary N) is 2. The minimum absolute atomic E-state index is 0.0547. The number of carbonyl (C=O) groups is 2. The molecule has 1 aromatic rings. The molecule has 0 aliphatic rings. The number of carboxylic acid groups (broad SMARTS) is 1. The molecule has 0 fully saturated rings. The SMILES string of the molecule is CC(C)C[C@H](NC(=O)NC(c1nc([C@@H](N)CCCCN)no1)C(C)C)C(=O)O. The molecule has 0 spiro atoms. The molecule has 2 amide bonds. The second-order valence-electron chi connectivity index (χ2n) is 7.74. The molecule has 0 aliphatic carbocycles. The van der Waals surface area contributed by atoms with Crippen LogP contribution in [0.4, 0.5) is 4.79 Å². The molecule has 0 aromatic carbocycles. The summed E-state index contributed by atoms with van der Waals surface area (Å²) >= 11 is 0. The number of amides is 2. The van der Waals surface area contributed by atoms with E-state index >= 15 is 0 Å². The first kappa shape index (κ1) is 23.8. The van der Waals surface area contributed by atoms with Crippen LogP contribution in [0, 0.1) is 11.8 Å². The molecule has 1 aromatic heterocycles. The fourth-order valence-corrected chi connectivity index (χ4v) is 2.71. The number of nitrogens with zero attached hydrogens (tertiary/aromatic N) is 2. The molecule has 1 unspecified atom stereocenters. The average molecular weight is 399 g/mol. The molecular formula is C18H34N6O4.